The van der Waals surface area contributed by atoms with Gasteiger partial charge in [0.25, 0.3) is 0 Å². The van der Waals surface area contributed by atoms with Crippen LogP contribution in [0.5, 0.6) is 11.5 Å². The maximum absolute atomic E-state index is 10.9. The lowest BCUT2D eigenvalue weighted by atomic mass is 10.1. The summed E-state index contributed by atoms with van der Waals surface area (Å²) in [6.07, 6.45) is 0. The molecule has 0 unspecified atom stereocenters. The number of aromatic amines is 1. The molecule has 6 nitrogen and oxygen atoms in total. The Kier molecular flexibility index (Phi) is 3.41. The third kappa shape index (κ3) is 2.37. The number of hydrogen-bond donors (Lipinski definition) is 2. The maximum Gasteiger partial charge on any atom is 0.353 e. The number of rotatable bonds is 4. The van der Waals surface area contributed by atoms with Gasteiger partial charge in [-0.1, -0.05) is 0 Å². The van der Waals surface area contributed by atoms with Gasteiger partial charge in [0, 0.05) is 5.56 Å². The number of carboxylic acid groups (broad SMARTS) is 1. The Labute approximate surface area is 110 Å². The van der Waals surface area contributed by atoms with Crippen molar-refractivity contribution in [3.63, 3.8) is 0 Å². The topological polar surface area (TPSA) is 84.4 Å². The molecule has 1 aromatic carbocycles. The molecule has 0 spiro atoms. The number of nitrogens with zero attached hydrogens (tertiary/aromatic N) is 1. The molecular formula is C13H14N2O4. The molecule has 0 atom stereocenters. The highest BCUT2D eigenvalue weighted by Gasteiger charge is 2.17. The van der Waals surface area contributed by atoms with Crippen LogP contribution in [0.1, 0.15) is 16.1 Å². The molecular weight excluding hydrogens is 248 g/mol. The first-order chi connectivity index (χ1) is 9.06. The highest BCUT2D eigenvalue weighted by atomic mass is 16.5. The summed E-state index contributed by atoms with van der Waals surface area (Å²) < 4.78 is 10.6. The van der Waals surface area contributed by atoms with Crippen LogP contribution in [0.4, 0.5) is 0 Å². The molecule has 0 bridgehead atoms. The Bertz CT molecular complexity index is 619. The van der Waals surface area contributed by atoms with Crippen LogP contribution in [0.3, 0.4) is 0 Å². The molecule has 2 aromatic rings. The van der Waals surface area contributed by atoms with E-state index in [1.807, 2.05) is 19.1 Å². The van der Waals surface area contributed by atoms with Gasteiger partial charge in [-0.05, 0) is 30.7 Å². The summed E-state index contributed by atoms with van der Waals surface area (Å²) in [4.78, 5) is 10.9. The van der Waals surface area contributed by atoms with Crippen molar-refractivity contribution >= 4 is 5.97 Å². The summed E-state index contributed by atoms with van der Waals surface area (Å²) in [5.41, 5.74) is 2.17. The predicted octanol–water partition coefficient (Wildman–Crippen LogP) is 2.10. The van der Waals surface area contributed by atoms with Gasteiger partial charge in [-0.2, -0.15) is 5.10 Å². The van der Waals surface area contributed by atoms with Crippen molar-refractivity contribution in [2.24, 2.45) is 0 Å². The van der Waals surface area contributed by atoms with Gasteiger partial charge in [-0.15, -0.1) is 0 Å². The van der Waals surface area contributed by atoms with Crippen LogP contribution in [0.25, 0.3) is 11.3 Å². The SMILES string of the molecule is COc1cc(C)cc(-c2cc(C(=O)O)[nH]n2)c1OC. The monoisotopic (exact) mass is 262 g/mol. The van der Waals surface area contributed by atoms with Gasteiger partial charge in [0.1, 0.15) is 5.69 Å². The van der Waals surface area contributed by atoms with Gasteiger partial charge >= 0.3 is 5.97 Å². The lowest BCUT2D eigenvalue weighted by Crippen LogP contribution is -1.95. The molecule has 0 aliphatic rings. The first-order valence-electron chi connectivity index (χ1n) is 5.58. The Morgan fingerprint density at radius 2 is 2.00 bits per heavy atom. The number of carbonyl (C=O) groups is 1. The van der Waals surface area contributed by atoms with E-state index in [0.717, 1.165) is 5.56 Å². The third-order valence-electron chi connectivity index (χ3n) is 2.71. The van der Waals surface area contributed by atoms with Crippen molar-refractivity contribution in [2.45, 2.75) is 6.92 Å². The number of methoxy groups -OCH3 is 2. The number of hydrogen-bond acceptors (Lipinski definition) is 4. The number of nitrogens with one attached hydrogen (secondary N) is 1. The van der Waals surface area contributed by atoms with Crippen molar-refractivity contribution in [3.8, 4) is 22.8 Å². The normalized spacial score (nSPS) is 10.3. The van der Waals surface area contributed by atoms with Crippen LogP contribution in [0.2, 0.25) is 0 Å². The number of aryl methyl sites for hydroxylation is 1. The minimum atomic E-state index is -1.06. The number of ether oxygens (including phenoxy) is 2. The fraction of sp³-hybridized carbons (Fsp3) is 0.231. The van der Waals surface area contributed by atoms with E-state index in [1.165, 1.54) is 13.2 Å². The maximum atomic E-state index is 10.9. The van der Waals surface area contributed by atoms with E-state index in [4.69, 9.17) is 14.6 Å². The zero-order valence-corrected chi connectivity index (χ0v) is 10.9. The molecule has 0 aliphatic carbocycles. The van der Waals surface area contributed by atoms with Gasteiger partial charge in [-0.3, -0.25) is 5.10 Å². The van der Waals surface area contributed by atoms with E-state index >= 15 is 0 Å². The Morgan fingerprint density at radius 3 is 2.53 bits per heavy atom. The summed E-state index contributed by atoms with van der Waals surface area (Å²) in [6.45, 7) is 1.91. The largest absolute Gasteiger partial charge is 0.493 e. The molecule has 2 N–H and O–H groups in total. The third-order valence-corrected chi connectivity index (χ3v) is 2.71. The van der Waals surface area contributed by atoms with Crippen molar-refractivity contribution in [3.05, 3.63) is 29.5 Å². The highest BCUT2D eigenvalue weighted by Crippen LogP contribution is 2.38. The molecule has 0 amide bonds. The van der Waals surface area contributed by atoms with Crippen LogP contribution in [0, 0.1) is 6.92 Å². The molecule has 0 fully saturated rings. The molecule has 1 heterocycles. The highest BCUT2D eigenvalue weighted by molar-refractivity contribution is 5.87. The average molecular weight is 262 g/mol. The number of aromatic carboxylic acids is 1. The molecule has 0 aliphatic heterocycles. The molecule has 0 radical (unpaired) electrons. The summed E-state index contributed by atoms with van der Waals surface area (Å²) in [7, 11) is 3.08. The zero-order chi connectivity index (χ0) is 14.0. The van der Waals surface area contributed by atoms with Gasteiger partial charge in [0.05, 0.1) is 19.9 Å². The number of benzene rings is 1. The van der Waals surface area contributed by atoms with Crippen LogP contribution in [-0.4, -0.2) is 35.5 Å². The summed E-state index contributed by atoms with van der Waals surface area (Å²) in [5, 5.41) is 15.4. The Hall–Kier alpha value is -2.50. The quantitative estimate of drug-likeness (QED) is 0.881. The van der Waals surface area contributed by atoms with E-state index < -0.39 is 5.97 Å². The molecule has 1 aromatic heterocycles. The van der Waals surface area contributed by atoms with Crippen molar-refractivity contribution in [2.75, 3.05) is 14.2 Å². The fourth-order valence-electron chi connectivity index (χ4n) is 1.86. The average Bonchev–Trinajstić information content (AvgIpc) is 2.87. The second-order valence-electron chi connectivity index (χ2n) is 4.02. The lowest BCUT2D eigenvalue weighted by Gasteiger charge is -2.12. The number of H-pyrrole nitrogens is 1. The fourth-order valence-corrected chi connectivity index (χ4v) is 1.86. The molecule has 2 rings (SSSR count). The van der Waals surface area contributed by atoms with Crippen molar-refractivity contribution in [1.82, 2.24) is 10.2 Å². The van der Waals surface area contributed by atoms with E-state index in [9.17, 15) is 4.79 Å². The second kappa shape index (κ2) is 5.01. The van der Waals surface area contributed by atoms with Gasteiger partial charge in [0.15, 0.2) is 11.5 Å². The lowest BCUT2D eigenvalue weighted by molar-refractivity contribution is 0.0690. The summed E-state index contributed by atoms with van der Waals surface area (Å²) >= 11 is 0. The second-order valence-corrected chi connectivity index (χ2v) is 4.02. The van der Waals surface area contributed by atoms with Gasteiger partial charge in [-0.25, -0.2) is 4.79 Å². The van der Waals surface area contributed by atoms with Crippen LogP contribution in [-0.2, 0) is 0 Å². The molecule has 0 saturated carbocycles. The van der Waals surface area contributed by atoms with Crippen LogP contribution >= 0.6 is 0 Å². The molecule has 100 valence electrons. The van der Waals surface area contributed by atoms with E-state index in [2.05, 4.69) is 10.2 Å². The van der Waals surface area contributed by atoms with Gasteiger partial charge in [0.2, 0.25) is 0 Å². The summed E-state index contributed by atoms with van der Waals surface area (Å²) in [5.74, 6) is 0.0475. The smallest absolute Gasteiger partial charge is 0.353 e. The Balaban J connectivity index is 2.59. The molecule has 0 saturated heterocycles. The van der Waals surface area contributed by atoms with E-state index in [1.54, 1.807) is 7.11 Å². The zero-order valence-electron chi connectivity index (χ0n) is 10.9. The minimum Gasteiger partial charge on any atom is -0.493 e. The first-order valence-corrected chi connectivity index (χ1v) is 5.58. The number of aromatic nitrogens is 2. The summed E-state index contributed by atoms with van der Waals surface area (Å²) in [6, 6.07) is 5.16. The van der Waals surface area contributed by atoms with E-state index in [-0.39, 0.29) is 5.69 Å². The van der Waals surface area contributed by atoms with Crippen molar-refractivity contribution < 1.29 is 19.4 Å². The number of carboxylic acids is 1. The molecule has 19 heavy (non-hydrogen) atoms. The molecule has 6 heteroatoms. The Morgan fingerprint density at radius 1 is 1.26 bits per heavy atom. The minimum absolute atomic E-state index is 0.0255. The van der Waals surface area contributed by atoms with Crippen LogP contribution in [0.15, 0.2) is 18.2 Å². The van der Waals surface area contributed by atoms with Crippen LogP contribution < -0.4 is 9.47 Å². The van der Waals surface area contributed by atoms with Crippen molar-refractivity contribution in [1.29, 1.82) is 0 Å². The standard InChI is InChI=1S/C13H14N2O4/c1-7-4-8(12(19-3)11(5-7)18-2)9-6-10(13(16)17)15-14-9/h4-6H,1-3H3,(H,14,15)(H,16,17). The first kappa shape index (κ1) is 12.9. The van der Waals surface area contributed by atoms with E-state index in [0.29, 0.717) is 22.8 Å². The van der Waals surface area contributed by atoms with Gasteiger partial charge < -0.3 is 14.6 Å². The predicted molar refractivity (Wildman–Crippen MR) is 68.8 cm³/mol.